The lowest BCUT2D eigenvalue weighted by molar-refractivity contribution is -0.146. The Morgan fingerprint density at radius 3 is 2.51 bits per heavy atom. The van der Waals surface area contributed by atoms with E-state index < -0.39 is 23.6 Å². The smallest absolute Gasteiger partial charge is 0.309 e. The number of aliphatic hydroxyl groups is 3. The summed E-state index contributed by atoms with van der Waals surface area (Å²) in [6, 6.07) is 16.7. The molecule has 0 spiro atoms. The number of nitrogens with one attached hydrogen (secondary N) is 1. The SMILES string of the molecule is CCCCC[C@@H]1C=C[C@@H](CCCCC[C@H](C(=O)O)[C@H](O)CC[C@]2(O)C[C@H](Cc3ccnc(N)c3)C[C@H]2Cc2cc([C@H](C)CCc3ccccc3)c[nH]2)[C@H](O)C1. The molecule has 1 aromatic carbocycles. The van der Waals surface area contributed by atoms with E-state index in [1.54, 1.807) is 6.20 Å². The number of carboxylic acids is 1. The van der Waals surface area contributed by atoms with Crippen molar-refractivity contribution >= 4 is 11.8 Å². The van der Waals surface area contributed by atoms with Crippen molar-refractivity contribution in [1.29, 1.82) is 0 Å². The molecular formula is C47H69N3O5. The Labute approximate surface area is 330 Å². The number of aromatic nitrogens is 2. The number of allylic oxidation sites excluding steroid dienone is 1. The van der Waals surface area contributed by atoms with Gasteiger partial charge in [0.1, 0.15) is 5.82 Å². The number of H-pyrrole nitrogens is 1. The molecule has 2 aliphatic carbocycles. The minimum absolute atomic E-state index is 0.0332. The van der Waals surface area contributed by atoms with Gasteiger partial charge in [0.15, 0.2) is 0 Å². The van der Waals surface area contributed by atoms with E-state index in [-0.39, 0.29) is 30.3 Å². The van der Waals surface area contributed by atoms with Gasteiger partial charge in [0, 0.05) is 24.0 Å². The summed E-state index contributed by atoms with van der Waals surface area (Å²) >= 11 is 0. The van der Waals surface area contributed by atoms with Gasteiger partial charge in [-0.15, -0.1) is 0 Å². The van der Waals surface area contributed by atoms with Crippen molar-refractivity contribution in [2.24, 2.45) is 29.6 Å². The molecule has 0 bridgehead atoms. The number of benzene rings is 1. The summed E-state index contributed by atoms with van der Waals surface area (Å²) in [7, 11) is 0. The number of aryl methyl sites for hydroxylation is 1. The molecule has 0 unspecified atom stereocenters. The standard InChI is InChI=1S/C47H69N3O5/c1-3-4-7-14-35-19-20-38(44(52)27-35)15-10-6-11-16-42(46(53)54)43(51)21-23-47(55)31-37(25-36-22-24-49-45(48)28-36)26-40(47)30-41-29-39(32-50-41)33(2)17-18-34-12-8-5-9-13-34/h5,8-9,12-13,19-20,22,24,28-29,32-33,35,37-38,40,42-44,50-52,55H,3-4,6-7,10-11,14-18,21,23,25-27,30-31H2,1-2H3,(H2,48,49)(H,53,54)/t33-,35-,37-,38-,40+,42+,43-,44-,47+/m1/s1. The molecular weight excluding hydrogens is 687 g/mol. The number of unbranched alkanes of at least 4 members (excludes halogenated alkanes) is 4. The average molecular weight is 756 g/mol. The van der Waals surface area contributed by atoms with Crippen LogP contribution in [-0.2, 0) is 24.1 Å². The number of carboxylic acid groups (broad SMARTS) is 1. The molecule has 8 nitrogen and oxygen atoms in total. The maximum absolute atomic E-state index is 12.4. The van der Waals surface area contributed by atoms with Crippen LogP contribution in [0.2, 0.25) is 0 Å². The Bertz CT molecular complexity index is 1610. The lowest BCUT2D eigenvalue weighted by Crippen LogP contribution is -2.37. The molecule has 0 aliphatic heterocycles. The monoisotopic (exact) mass is 756 g/mol. The number of pyridine rings is 1. The minimum atomic E-state index is -1.03. The van der Waals surface area contributed by atoms with E-state index in [1.165, 1.54) is 30.4 Å². The van der Waals surface area contributed by atoms with E-state index in [9.17, 15) is 25.2 Å². The van der Waals surface area contributed by atoms with Crippen LogP contribution in [0, 0.1) is 29.6 Å². The number of hydrogen-bond donors (Lipinski definition) is 6. The summed E-state index contributed by atoms with van der Waals surface area (Å²) in [6.45, 7) is 4.48. The summed E-state index contributed by atoms with van der Waals surface area (Å²) in [6.07, 6.45) is 22.0. The lowest BCUT2D eigenvalue weighted by Gasteiger charge is -2.32. The van der Waals surface area contributed by atoms with E-state index in [0.29, 0.717) is 49.8 Å². The highest BCUT2D eigenvalue weighted by atomic mass is 16.4. The third-order valence-corrected chi connectivity index (χ3v) is 13.0. The van der Waals surface area contributed by atoms with Crippen LogP contribution in [0.1, 0.15) is 138 Å². The normalized spacial score (nSPS) is 25.5. The number of nitrogen functional groups attached to an aromatic ring is 1. The Morgan fingerprint density at radius 2 is 1.76 bits per heavy atom. The summed E-state index contributed by atoms with van der Waals surface area (Å²) in [5.41, 5.74) is 9.78. The highest BCUT2D eigenvalue weighted by Crippen LogP contribution is 2.46. The van der Waals surface area contributed by atoms with Crippen molar-refractivity contribution < 1.29 is 25.2 Å². The van der Waals surface area contributed by atoms with Gasteiger partial charge >= 0.3 is 5.97 Å². The zero-order valence-corrected chi connectivity index (χ0v) is 33.5. The number of rotatable bonds is 23. The van der Waals surface area contributed by atoms with Crippen LogP contribution in [0.25, 0.3) is 0 Å². The van der Waals surface area contributed by atoms with Crippen LogP contribution in [0.4, 0.5) is 5.82 Å². The van der Waals surface area contributed by atoms with Gasteiger partial charge in [-0.1, -0.05) is 94.9 Å². The summed E-state index contributed by atoms with van der Waals surface area (Å²) in [5, 5.41) is 44.5. The fourth-order valence-electron chi connectivity index (χ4n) is 9.54. The zero-order chi connectivity index (χ0) is 39.2. The van der Waals surface area contributed by atoms with E-state index in [0.717, 1.165) is 69.0 Å². The van der Waals surface area contributed by atoms with Crippen LogP contribution >= 0.6 is 0 Å². The van der Waals surface area contributed by atoms with Crippen molar-refractivity contribution in [2.75, 3.05) is 5.73 Å². The lowest BCUT2D eigenvalue weighted by atomic mass is 9.80. The van der Waals surface area contributed by atoms with Gasteiger partial charge in [0.05, 0.1) is 23.7 Å². The quantitative estimate of drug-likeness (QED) is 0.0417. The van der Waals surface area contributed by atoms with Gasteiger partial charge in [0.25, 0.3) is 0 Å². The van der Waals surface area contributed by atoms with Gasteiger partial charge < -0.3 is 31.1 Å². The highest BCUT2D eigenvalue weighted by Gasteiger charge is 2.46. The molecule has 8 heteroatoms. The highest BCUT2D eigenvalue weighted by molar-refractivity contribution is 5.70. The van der Waals surface area contributed by atoms with E-state index in [2.05, 4.69) is 72.5 Å². The summed E-state index contributed by atoms with van der Waals surface area (Å²) < 4.78 is 0. The maximum Gasteiger partial charge on any atom is 0.309 e. The van der Waals surface area contributed by atoms with Gasteiger partial charge in [-0.05, 0) is 136 Å². The topological polar surface area (TPSA) is 153 Å². The molecule has 7 N–H and O–H groups in total. The third kappa shape index (κ3) is 13.0. The van der Waals surface area contributed by atoms with E-state index in [4.69, 9.17) is 5.73 Å². The molecule has 302 valence electrons. The molecule has 1 fully saturated rings. The van der Waals surface area contributed by atoms with Crippen molar-refractivity contribution in [3.63, 3.8) is 0 Å². The van der Waals surface area contributed by atoms with Gasteiger partial charge in [-0.3, -0.25) is 4.79 Å². The number of anilines is 1. The predicted molar refractivity (Wildman–Crippen MR) is 222 cm³/mol. The second-order valence-corrected chi connectivity index (χ2v) is 17.3. The van der Waals surface area contributed by atoms with Crippen molar-refractivity contribution in [3.8, 4) is 0 Å². The van der Waals surface area contributed by atoms with Crippen molar-refractivity contribution in [2.45, 2.75) is 153 Å². The first-order valence-electron chi connectivity index (χ1n) is 21.4. The first-order valence-corrected chi connectivity index (χ1v) is 21.4. The molecule has 55 heavy (non-hydrogen) atoms. The van der Waals surface area contributed by atoms with Crippen molar-refractivity contribution in [3.05, 3.63) is 95.5 Å². The molecule has 3 aromatic rings. The first-order chi connectivity index (χ1) is 26.5. The number of hydrogen-bond acceptors (Lipinski definition) is 6. The Morgan fingerprint density at radius 1 is 0.964 bits per heavy atom. The fourth-order valence-corrected chi connectivity index (χ4v) is 9.54. The fraction of sp³-hybridized carbons (Fsp3) is 0.617. The van der Waals surface area contributed by atoms with Gasteiger partial charge in [-0.2, -0.15) is 0 Å². The zero-order valence-electron chi connectivity index (χ0n) is 33.5. The van der Waals surface area contributed by atoms with Crippen LogP contribution in [-0.4, -0.2) is 54.2 Å². The van der Waals surface area contributed by atoms with Crippen LogP contribution in [0.15, 0.2) is 73.1 Å². The van der Waals surface area contributed by atoms with Crippen LogP contribution in [0.5, 0.6) is 0 Å². The second-order valence-electron chi connectivity index (χ2n) is 17.3. The van der Waals surface area contributed by atoms with E-state index >= 15 is 0 Å². The maximum atomic E-state index is 12.4. The number of aliphatic carboxylic acids is 1. The Hall–Kier alpha value is -3.46. The Kier molecular flexibility index (Phi) is 16.4. The largest absolute Gasteiger partial charge is 0.481 e. The summed E-state index contributed by atoms with van der Waals surface area (Å²) in [5.74, 6) is -0.123. The van der Waals surface area contributed by atoms with E-state index in [1.807, 2.05) is 18.2 Å². The molecule has 5 rings (SSSR count). The summed E-state index contributed by atoms with van der Waals surface area (Å²) in [4.78, 5) is 20.0. The van der Waals surface area contributed by atoms with Gasteiger partial charge in [0.2, 0.25) is 0 Å². The average Bonchev–Trinajstić information content (AvgIpc) is 3.76. The number of aromatic amines is 1. The van der Waals surface area contributed by atoms with Crippen molar-refractivity contribution in [1.82, 2.24) is 9.97 Å². The number of aliphatic hydroxyl groups excluding tert-OH is 2. The molecule has 9 atom stereocenters. The molecule has 0 radical (unpaired) electrons. The molecule has 2 aromatic heterocycles. The van der Waals surface area contributed by atoms with Gasteiger partial charge in [-0.25, -0.2) is 4.98 Å². The first kappa shape index (κ1) is 42.7. The molecule has 0 saturated heterocycles. The van der Waals surface area contributed by atoms with Crippen LogP contribution < -0.4 is 5.73 Å². The second kappa shape index (κ2) is 21.2. The third-order valence-electron chi connectivity index (χ3n) is 13.0. The number of carbonyl (C=O) groups is 1. The van der Waals surface area contributed by atoms with Crippen LogP contribution in [0.3, 0.4) is 0 Å². The molecule has 2 aliphatic rings. The number of nitrogens with zero attached hydrogens (tertiary/aromatic N) is 1. The number of nitrogens with two attached hydrogens (primary N) is 1. The molecule has 2 heterocycles. The minimum Gasteiger partial charge on any atom is -0.481 e. The predicted octanol–water partition coefficient (Wildman–Crippen LogP) is 9.20. The molecule has 0 amide bonds. The Balaban J connectivity index is 1.14. The molecule has 1 saturated carbocycles.